The number of rotatable bonds is 7. The van der Waals surface area contributed by atoms with Gasteiger partial charge in [-0.25, -0.2) is 0 Å². The zero-order valence-electron chi connectivity index (χ0n) is 30.3. The Balaban J connectivity index is 1.05. The van der Waals surface area contributed by atoms with E-state index in [9.17, 15) is 0 Å². The van der Waals surface area contributed by atoms with E-state index in [0.29, 0.717) is 0 Å². The van der Waals surface area contributed by atoms with Crippen LogP contribution in [0.3, 0.4) is 0 Å². The molecular weight excluding hydrogens is 663 g/mol. The molecule has 0 heterocycles. The molecule has 0 aliphatic heterocycles. The number of benzene rings is 10. The highest BCUT2D eigenvalue weighted by molar-refractivity contribution is 5.94. The molecule has 258 valence electrons. The van der Waals surface area contributed by atoms with Crippen LogP contribution in [0.25, 0.3) is 76.8 Å². The first-order valence-electron chi connectivity index (χ1n) is 18.9. The molecule has 0 unspecified atom stereocenters. The molecule has 10 aromatic carbocycles. The molecule has 0 aliphatic rings. The first-order chi connectivity index (χ1) is 27.2. The van der Waals surface area contributed by atoms with Crippen LogP contribution < -0.4 is 4.90 Å². The maximum atomic E-state index is 2.40. The average molecular weight is 700 g/mol. The Kier molecular flexibility index (Phi) is 8.24. The number of para-hydroxylation sites is 1. The second kappa shape index (κ2) is 14.0. The van der Waals surface area contributed by atoms with Gasteiger partial charge in [0.1, 0.15) is 0 Å². The minimum atomic E-state index is 1.10. The summed E-state index contributed by atoms with van der Waals surface area (Å²) < 4.78 is 0. The van der Waals surface area contributed by atoms with Gasteiger partial charge in [0.25, 0.3) is 0 Å². The van der Waals surface area contributed by atoms with Crippen LogP contribution in [0.4, 0.5) is 17.1 Å². The van der Waals surface area contributed by atoms with E-state index in [1.54, 1.807) is 0 Å². The van der Waals surface area contributed by atoms with Gasteiger partial charge in [-0.1, -0.05) is 176 Å². The third-order valence-electron chi connectivity index (χ3n) is 10.8. The summed E-state index contributed by atoms with van der Waals surface area (Å²) in [6, 6.07) is 81.6. The molecule has 10 rings (SSSR count). The average Bonchev–Trinajstić information content (AvgIpc) is 3.26. The fraction of sp³-hybridized carbons (Fsp3) is 0. The topological polar surface area (TPSA) is 3.24 Å². The molecule has 0 amide bonds. The monoisotopic (exact) mass is 699 g/mol. The fourth-order valence-corrected chi connectivity index (χ4v) is 7.92. The highest BCUT2D eigenvalue weighted by Crippen LogP contribution is 2.43. The van der Waals surface area contributed by atoms with Gasteiger partial charge in [-0.05, 0) is 120 Å². The van der Waals surface area contributed by atoms with Crippen molar-refractivity contribution in [3.63, 3.8) is 0 Å². The van der Waals surface area contributed by atoms with E-state index < -0.39 is 0 Å². The summed E-state index contributed by atoms with van der Waals surface area (Å²) in [6.45, 7) is 0. The summed E-state index contributed by atoms with van der Waals surface area (Å²) >= 11 is 0. The van der Waals surface area contributed by atoms with E-state index in [-0.39, 0.29) is 0 Å². The molecule has 0 aliphatic carbocycles. The van der Waals surface area contributed by atoms with Crippen LogP contribution >= 0.6 is 0 Å². The molecule has 0 fully saturated rings. The summed E-state index contributed by atoms with van der Waals surface area (Å²) in [5.41, 5.74) is 12.9. The van der Waals surface area contributed by atoms with Gasteiger partial charge in [0, 0.05) is 16.9 Å². The SMILES string of the molecule is c1cc(-c2ccc3ccccc3c2)cc(N(c2ccc(-c3ccc(-c4ccc5ccccc5c4)cc3)cc2)c2ccccc2-c2ccc3ccccc3c2)c1. The molecular formula is C54H37N. The van der Waals surface area contributed by atoms with Gasteiger partial charge in [0.15, 0.2) is 0 Å². The van der Waals surface area contributed by atoms with E-state index in [4.69, 9.17) is 0 Å². The summed E-state index contributed by atoms with van der Waals surface area (Å²) in [7, 11) is 0. The Hall–Kier alpha value is -7.22. The second-order valence-electron chi connectivity index (χ2n) is 14.2. The maximum absolute atomic E-state index is 2.40. The van der Waals surface area contributed by atoms with E-state index in [0.717, 1.165) is 17.1 Å². The van der Waals surface area contributed by atoms with Crippen LogP contribution in [-0.2, 0) is 0 Å². The van der Waals surface area contributed by atoms with Crippen LogP contribution in [0, 0.1) is 0 Å². The van der Waals surface area contributed by atoms with Crippen LogP contribution in [-0.4, -0.2) is 0 Å². The molecule has 0 spiro atoms. The van der Waals surface area contributed by atoms with Crippen molar-refractivity contribution in [3.8, 4) is 44.5 Å². The Morgan fingerprint density at radius 2 is 0.618 bits per heavy atom. The minimum absolute atomic E-state index is 1.10. The van der Waals surface area contributed by atoms with Crippen molar-refractivity contribution in [2.24, 2.45) is 0 Å². The number of anilines is 3. The zero-order valence-corrected chi connectivity index (χ0v) is 30.3. The quantitative estimate of drug-likeness (QED) is 0.160. The van der Waals surface area contributed by atoms with Crippen LogP contribution in [0.2, 0.25) is 0 Å². The van der Waals surface area contributed by atoms with E-state index in [1.807, 2.05) is 0 Å². The van der Waals surface area contributed by atoms with Crippen LogP contribution in [0.1, 0.15) is 0 Å². The number of hydrogen-bond acceptors (Lipinski definition) is 1. The van der Waals surface area contributed by atoms with Crippen LogP contribution in [0.5, 0.6) is 0 Å². The number of hydrogen-bond donors (Lipinski definition) is 0. The van der Waals surface area contributed by atoms with Crippen molar-refractivity contribution in [3.05, 3.63) is 224 Å². The smallest absolute Gasteiger partial charge is 0.0540 e. The van der Waals surface area contributed by atoms with Gasteiger partial charge >= 0.3 is 0 Å². The molecule has 0 aromatic heterocycles. The molecule has 0 saturated heterocycles. The molecule has 0 saturated carbocycles. The highest BCUT2D eigenvalue weighted by atomic mass is 15.1. The lowest BCUT2D eigenvalue weighted by Gasteiger charge is -2.28. The van der Waals surface area contributed by atoms with E-state index >= 15 is 0 Å². The molecule has 0 radical (unpaired) electrons. The molecule has 0 bridgehead atoms. The standard InChI is InChI=1S/C54H37N/c1-4-13-44-34-48(27-24-38(44)10-1)43-22-20-41(21-23-43)42-30-32-51(33-31-42)55(52-17-9-16-47(37-52)49-28-25-39-11-2-5-14-45(39)35-49)54-19-8-7-18-53(54)50-29-26-40-12-3-6-15-46(40)36-50/h1-37H. The van der Waals surface area contributed by atoms with E-state index in [1.165, 1.54) is 76.8 Å². The molecule has 1 nitrogen and oxygen atoms in total. The first kappa shape index (κ1) is 32.4. The van der Waals surface area contributed by atoms with Crippen LogP contribution in [0.15, 0.2) is 224 Å². The van der Waals surface area contributed by atoms with Crippen molar-refractivity contribution in [1.82, 2.24) is 0 Å². The lowest BCUT2D eigenvalue weighted by atomic mass is 9.97. The summed E-state index contributed by atoms with van der Waals surface area (Å²) in [5.74, 6) is 0. The summed E-state index contributed by atoms with van der Waals surface area (Å²) in [4.78, 5) is 2.40. The van der Waals surface area contributed by atoms with Crippen molar-refractivity contribution < 1.29 is 0 Å². The van der Waals surface area contributed by atoms with Gasteiger partial charge in [0.05, 0.1) is 5.69 Å². The van der Waals surface area contributed by atoms with Gasteiger partial charge in [-0.15, -0.1) is 0 Å². The number of fused-ring (bicyclic) bond motifs is 3. The van der Waals surface area contributed by atoms with Gasteiger partial charge < -0.3 is 4.90 Å². The Morgan fingerprint density at radius 3 is 1.20 bits per heavy atom. The van der Waals surface area contributed by atoms with Gasteiger partial charge in [0.2, 0.25) is 0 Å². The van der Waals surface area contributed by atoms with Gasteiger partial charge in [-0.2, -0.15) is 0 Å². The predicted octanol–water partition coefficient (Wildman–Crippen LogP) is 15.3. The second-order valence-corrected chi connectivity index (χ2v) is 14.2. The first-order valence-corrected chi connectivity index (χ1v) is 18.9. The van der Waals surface area contributed by atoms with Crippen molar-refractivity contribution in [2.75, 3.05) is 4.90 Å². The van der Waals surface area contributed by atoms with Crippen molar-refractivity contribution in [2.45, 2.75) is 0 Å². The Bertz CT molecular complexity index is 2970. The molecule has 10 aromatic rings. The molecule has 1 heteroatoms. The highest BCUT2D eigenvalue weighted by Gasteiger charge is 2.18. The van der Waals surface area contributed by atoms with E-state index in [2.05, 4.69) is 229 Å². The predicted molar refractivity (Wildman–Crippen MR) is 235 cm³/mol. The van der Waals surface area contributed by atoms with Crippen molar-refractivity contribution >= 4 is 49.4 Å². The summed E-state index contributed by atoms with van der Waals surface area (Å²) in [6.07, 6.45) is 0. The lowest BCUT2D eigenvalue weighted by molar-refractivity contribution is 1.28. The third-order valence-corrected chi connectivity index (χ3v) is 10.8. The molecule has 0 atom stereocenters. The molecule has 55 heavy (non-hydrogen) atoms. The summed E-state index contributed by atoms with van der Waals surface area (Å²) in [5, 5.41) is 7.48. The normalized spacial score (nSPS) is 11.3. The Labute approximate surface area is 322 Å². The number of nitrogens with zero attached hydrogens (tertiary/aromatic N) is 1. The molecule has 0 N–H and O–H groups in total. The van der Waals surface area contributed by atoms with Crippen molar-refractivity contribution in [1.29, 1.82) is 0 Å². The Morgan fingerprint density at radius 1 is 0.218 bits per heavy atom. The minimum Gasteiger partial charge on any atom is -0.310 e. The fourth-order valence-electron chi connectivity index (χ4n) is 7.92. The van der Waals surface area contributed by atoms with Gasteiger partial charge in [-0.3, -0.25) is 0 Å². The zero-order chi connectivity index (χ0) is 36.6. The lowest BCUT2D eigenvalue weighted by Crippen LogP contribution is -2.11. The third kappa shape index (κ3) is 6.33. The maximum Gasteiger partial charge on any atom is 0.0540 e. The largest absolute Gasteiger partial charge is 0.310 e.